The van der Waals surface area contributed by atoms with E-state index in [4.69, 9.17) is 0 Å². The molecule has 1 N–H and O–H groups in total. The lowest BCUT2D eigenvalue weighted by Crippen LogP contribution is -1.89. The topological polar surface area (TPSA) is 58.9 Å². The van der Waals surface area contributed by atoms with Gasteiger partial charge in [-0.3, -0.25) is 10.1 Å². The summed E-state index contributed by atoms with van der Waals surface area (Å²) >= 11 is 0. The Labute approximate surface area is 74.3 Å². The molecule has 13 heavy (non-hydrogen) atoms. The largest absolute Gasteiger partial charge is 0.356 e. The van der Waals surface area contributed by atoms with Crippen LogP contribution < -0.4 is 0 Å². The van der Waals surface area contributed by atoms with Crippen molar-refractivity contribution in [1.82, 2.24) is 4.98 Å². The van der Waals surface area contributed by atoms with Crippen molar-refractivity contribution in [2.45, 2.75) is 6.92 Å². The Kier molecular flexibility index (Phi) is 1.55. The maximum absolute atomic E-state index is 10.6. The molecule has 0 aliphatic rings. The number of nitrogens with one attached hydrogen (secondary N) is 1. The summed E-state index contributed by atoms with van der Waals surface area (Å²) in [5.41, 5.74) is 1.78. The number of aryl methyl sites for hydroxylation is 1. The molecular formula is C9H8N2O2. The van der Waals surface area contributed by atoms with Gasteiger partial charge < -0.3 is 4.98 Å². The van der Waals surface area contributed by atoms with Crippen molar-refractivity contribution < 1.29 is 4.92 Å². The van der Waals surface area contributed by atoms with Gasteiger partial charge in [-0.1, -0.05) is 6.07 Å². The summed E-state index contributed by atoms with van der Waals surface area (Å²) in [7, 11) is 0. The first-order valence-electron chi connectivity index (χ1n) is 3.91. The maximum Gasteiger partial charge on any atom is 0.293 e. The normalized spacial score (nSPS) is 10.5. The van der Waals surface area contributed by atoms with Crippen LogP contribution in [0.15, 0.2) is 24.4 Å². The monoisotopic (exact) mass is 176 g/mol. The Morgan fingerprint density at radius 2 is 2.15 bits per heavy atom. The number of rotatable bonds is 1. The molecule has 0 saturated carbocycles. The SMILES string of the molecule is Cc1ccc([N+](=O)[O-])c2[nH]ccc12. The molecular weight excluding hydrogens is 168 g/mol. The van der Waals surface area contributed by atoms with Crippen molar-refractivity contribution >= 4 is 16.6 Å². The van der Waals surface area contributed by atoms with E-state index < -0.39 is 0 Å². The third-order valence-electron chi connectivity index (χ3n) is 2.12. The van der Waals surface area contributed by atoms with Gasteiger partial charge in [0.2, 0.25) is 0 Å². The van der Waals surface area contributed by atoms with Crippen molar-refractivity contribution in [3.8, 4) is 0 Å². The fourth-order valence-electron chi connectivity index (χ4n) is 1.44. The highest BCUT2D eigenvalue weighted by Crippen LogP contribution is 2.26. The summed E-state index contributed by atoms with van der Waals surface area (Å²) in [6, 6.07) is 5.13. The first kappa shape index (κ1) is 7.79. The van der Waals surface area contributed by atoms with Gasteiger partial charge in [0.25, 0.3) is 5.69 Å². The third kappa shape index (κ3) is 1.07. The van der Waals surface area contributed by atoms with Crippen LogP contribution in [0.4, 0.5) is 5.69 Å². The van der Waals surface area contributed by atoms with Gasteiger partial charge in [0, 0.05) is 17.6 Å². The van der Waals surface area contributed by atoms with E-state index in [1.807, 2.05) is 13.0 Å². The number of nitro groups is 1. The highest BCUT2D eigenvalue weighted by molar-refractivity contribution is 5.90. The lowest BCUT2D eigenvalue weighted by molar-refractivity contribution is -0.383. The van der Waals surface area contributed by atoms with Crippen LogP contribution >= 0.6 is 0 Å². The molecule has 0 fully saturated rings. The van der Waals surface area contributed by atoms with E-state index in [0.717, 1.165) is 10.9 Å². The molecule has 2 rings (SSSR count). The summed E-state index contributed by atoms with van der Waals surface area (Å²) in [6.07, 6.45) is 1.71. The van der Waals surface area contributed by atoms with Crippen molar-refractivity contribution in [3.63, 3.8) is 0 Å². The van der Waals surface area contributed by atoms with Crippen LogP contribution in [0.3, 0.4) is 0 Å². The van der Waals surface area contributed by atoms with Crippen molar-refractivity contribution in [1.29, 1.82) is 0 Å². The molecule has 1 aromatic carbocycles. The van der Waals surface area contributed by atoms with Crippen LogP contribution in [0.2, 0.25) is 0 Å². The number of non-ortho nitro benzene ring substituents is 1. The van der Waals surface area contributed by atoms with Crippen molar-refractivity contribution in [3.05, 3.63) is 40.1 Å². The van der Waals surface area contributed by atoms with Gasteiger partial charge in [-0.05, 0) is 18.6 Å². The number of aromatic amines is 1. The molecule has 4 nitrogen and oxygen atoms in total. The molecule has 0 atom stereocenters. The van der Waals surface area contributed by atoms with Gasteiger partial charge in [-0.15, -0.1) is 0 Å². The predicted octanol–water partition coefficient (Wildman–Crippen LogP) is 2.38. The molecule has 0 unspecified atom stereocenters. The molecule has 2 aromatic rings. The standard InChI is InChI=1S/C9H8N2O2/c1-6-2-3-8(11(12)13)9-7(6)4-5-10-9/h2-5,10H,1H3. The van der Waals surface area contributed by atoms with Gasteiger partial charge >= 0.3 is 0 Å². The van der Waals surface area contributed by atoms with Gasteiger partial charge in [-0.2, -0.15) is 0 Å². The molecule has 0 aliphatic carbocycles. The van der Waals surface area contributed by atoms with Crippen LogP contribution in [0.5, 0.6) is 0 Å². The first-order valence-corrected chi connectivity index (χ1v) is 3.91. The highest BCUT2D eigenvalue weighted by Gasteiger charge is 2.12. The zero-order valence-electron chi connectivity index (χ0n) is 7.07. The summed E-state index contributed by atoms with van der Waals surface area (Å²) < 4.78 is 0. The molecule has 0 aliphatic heterocycles. The number of fused-ring (bicyclic) bond motifs is 1. The lowest BCUT2D eigenvalue weighted by atomic mass is 10.1. The highest BCUT2D eigenvalue weighted by atomic mass is 16.6. The van der Waals surface area contributed by atoms with Crippen LogP contribution in [0.25, 0.3) is 10.9 Å². The second-order valence-electron chi connectivity index (χ2n) is 2.93. The Hall–Kier alpha value is -1.84. The second kappa shape index (κ2) is 2.58. The summed E-state index contributed by atoms with van der Waals surface area (Å²) in [6.45, 7) is 1.93. The fraction of sp³-hybridized carbons (Fsp3) is 0.111. The Balaban J connectivity index is 2.86. The average Bonchev–Trinajstić information content (AvgIpc) is 2.53. The second-order valence-corrected chi connectivity index (χ2v) is 2.93. The number of benzene rings is 1. The van der Waals surface area contributed by atoms with Gasteiger partial charge in [0.05, 0.1) is 4.92 Å². The van der Waals surface area contributed by atoms with Gasteiger partial charge in [0.1, 0.15) is 5.52 Å². The molecule has 0 amide bonds. The molecule has 1 aromatic heterocycles. The van der Waals surface area contributed by atoms with E-state index in [2.05, 4.69) is 4.98 Å². The number of hydrogen-bond donors (Lipinski definition) is 1. The minimum Gasteiger partial charge on any atom is -0.356 e. The molecule has 0 saturated heterocycles. The number of H-pyrrole nitrogens is 1. The van der Waals surface area contributed by atoms with E-state index in [1.165, 1.54) is 6.07 Å². The Morgan fingerprint density at radius 3 is 2.85 bits per heavy atom. The zero-order chi connectivity index (χ0) is 9.42. The summed E-state index contributed by atoms with van der Waals surface area (Å²) in [5, 5.41) is 11.5. The predicted molar refractivity (Wildman–Crippen MR) is 49.7 cm³/mol. The van der Waals surface area contributed by atoms with Gasteiger partial charge in [0.15, 0.2) is 0 Å². The van der Waals surface area contributed by atoms with E-state index in [-0.39, 0.29) is 10.6 Å². The van der Waals surface area contributed by atoms with Crippen LogP contribution in [0, 0.1) is 17.0 Å². The van der Waals surface area contributed by atoms with Gasteiger partial charge in [-0.25, -0.2) is 0 Å². The zero-order valence-corrected chi connectivity index (χ0v) is 7.07. The average molecular weight is 176 g/mol. The molecule has 1 heterocycles. The van der Waals surface area contributed by atoms with Crippen LogP contribution in [0.1, 0.15) is 5.56 Å². The molecule has 0 radical (unpaired) electrons. The number of nitrogens with zero attached hydrogens (tertiary/aromatic N) is 1. The van der Waals surface area contributed by atoms with Crippen LogP contribution in [-0.4, -0.2) is 9.91 Å². The summed E-state index contributed by atoms with van der Waals surface area (Å²) in [5.74, 6) is 0. The van der Waals surface area contributed by atoms with Crippen molar-refractivity contribution in [2.24, 2.45) is 0 Å². The quantitative estimate of drug-likeness (QED) is 0.535. The van der Waals surface area contributed by atoms with E-state index in [1.54, 1.807) is 12.3 Å². The molecule has 4 heteroatoms. The number of nitro benzene ring substituents is 1. The third-order valence-corrected chi connectivity index (χ3v) is 2.12. The van der Waals surface area contributed by atoms with E-state index in [0.29, 0.717) is 5.52 Å². The number of hydrogen-bond acceptors (Lipinski definition) is 2. The van der Waals surface area contributed by atoms with Crippen LogP contribution in [-0.2, 0) is 0 Å². The lowest BCUT2D eigenvalue weighted by Gasteiger charge is -1.96. The minimum absolute atomic E-state index is 0.130. The maximum atomic E-state index is 10.6. The van der Waals surface area contributed by atoms with E-state index >= 15 is 0 Å². The van der Waals surface area contributed by atoms with E-state index in [9.17, 15) is 10.1 Å². The molecule has 0 bridgehead atoms. The first-order chi connectivity index (χ1) is 6.20. The molecule has 0 spiro atoms. The minimum atomic E-state index is -0.377. The van der Waals surface area contributed by atoms with Crippen molar-refractivity contribution in [2.75, 3.05) is 0 Å². The molecule has 66 valence electrons. The Bertz CT molecular complexity index is 473. The summed E-state index contributed by atoms with van der Waals surface area (Å²) in [4.78, 5) is 13.1. The number of aromatic nitrogens is 1. The smallest absolute Gasteiger partial charge is 0.293 e. The fourth-order valence-corrected chi connectivity index (χ4v) is 1.44. The Morgan fingerprint density at radius 1 is 1.38 bits per heavy atom.